The minimum Gasteiger partial charge on any atom is -0.351 e. The summed E-state index contributed by atoms with van der Waals surface area (Å²) in [6, 6.07) is 1.97. The predicted octanol–water partition coefficient (Wildman–Crippen LogP) is 1.53. The Morgan fingerprint density at radius 3 is 2.78 bits per heavy atom. The largest absolute Gasteiger partial charge is 0.351 e. The molecule has 4 nitrogen and oxygen atoms in total. The first-order valence-electron chi connectivity index (χ1n) is 8.77. The van der Waals surface area contributed by atoms with Gasteiger partial charge >= 0.3 is 0 Å². The summed E-state index contributed by atoms with van der Waals surface area (Å²) >= 11 is 0. The van der Waals surface area contributed by atoms with Crippen molar-refractivity contribution in [1.29, 1.82) is 0 Å². The highest BCUT2D eigenvalue weighted by Crippen LogP contribution is 2.49. The van der Waals surface area contributed by atoms with Gasteiger partial charge in [-0.3, -0.25) is 4.79 Å². The van der Waals surface area contributed by atoms with Gasteiger partial charge < -0.3 is 9.88 Å². The molecule has 5 heteroatoms. The number of nitrogens with zero attached hydrogens (tertiary/aromatic N) is 2. The van der Waals surface area contributed by atoms with Gasteiger partial charge in [-0.25, -0.2) is 4.98 Å². The lowest BCUT2D eigenvalue weighted by Crippen LogP contribution is -2.43. The minimum atomic E-state index is 0.0498. The Bertz CT molecular complexity index is 745. The van der Waals surface area contributed by atoms with Gasteiger partial charge in [-0.05, 0) is 55.9 Å². The molecule has 0 unspecified atom stereocenters. The van der Waals surface area contributed by atoms with E-state index >= 15 is 0 Å². The lowest BCUT2D eigenvalue weighted by atomic mass is 9.61. The molecule has 0 saturated heterocycles. The molecule has 0 atom stereocenters. The van der Waals surface area contributed by atoms with Gasteiger partial charge in [-0.2, -0.15) is 0 Å². The summed E-state index contributed by atoms with van der Waals surface area (Å²) in [6.45, 7) is 0.828. The minimum absolute atomic E-state index is 0.0498. The first-order chi connectivity index (χ1) is 11.1. The van der Waals surface area contributed by atoms with Crippen molar-refractivity contribution in [3.8, 4) is 0 Å². The van der Waals surface area contributed by atoms with Gasteiger partial charge in [-0.15, -0.1) is 0 Å². The number of pyridine rings is 1. The van der Waals surface area contributed by atoms with E-state index in [1.807, 2.05) is 31.7 Å². The molecular weight excluding hydrogens is 285 g/mol. The highest BCUT2D eigenvalue weighted by molar-refractivity contribution is 6.40. The molecule has 3 aliphatic carbocycles. The first-order valence-corrected chi connectivity index (χ1v) is 8.77. The number of rotatable bonds is 3. The van der Waals surface area contributed by atoms with Gasteiger partial charge in [0.15, 0.2) is 0 Å². The number of aromatic nitrogens is 2. The summed E-state index contributed by atoms with van der Waals surface area (Å²) in [5.41, 5.74) is 3.11. The van der Waals surface area contributed by atoms with E-state index in [1.54, 1.807) is 6.20 Å². The summed E-state index contributed by atoms with van der Waals surface area (Å²) in [5, 5.41) is 4.22. The number of fused-ring (bicyclic) bond motifs is 4. The van der Waals surface area contributed by atoms with Crippen molar-refractivity contribution in [2.24, 2.45) is 18.4 Å². The van der Waals surface area contributed by atoms with Gasteiger partial charge in [0.25, 0.3) is 5.91 Å². The Morgan fingerprint density at radius 1 is 1.39 bits per heavy atom. The molecule has 3 fully saturated rings. The van der Waals surface area contributed by atoms with Gasteiger partial charge in [0.2, 0.25) is 0 Å². The van der Waals surface area contributed by atoms with Crippen molar-refractivity contribution in [2.75, 3.05) is 6.54 Å². The number of carbonyl (C=O) groups excluding carboxylic acids is 1. The maximum absolute atomic E-state index is 12.8. The lowest BCUT2D eigenvalue weighted by Gasteiger charge is -2.46. The summed E-state index contributed by atoms with van der Waals surface area (Å²) < 4.78 is 1.95. The summed E-state index contributed by atoms with van der Waals surface area (Å²) in [7, 11) is 3.99. The van der Waals surface area contributed by atoms with E-state index in [0.717, 1.165) is 34.5 Å². The van der Waals surface area contributed by atoms with Crippen LogP contribution < -0.4 is 10.8 Å². The monoisotopic (exact) mass is 309 g/mol. The zero-order valence-electron chi connectivity index (χ0n) is 14.1. The Morgan fingerprint density at radius 2 is 2.09 bits per heavy atom. The second kappa shape index (κ2) is 5.39. The Hall–Kier alpha value is -1.78. The smallest absolute Gasteiger partial charge is 0.253 e. The second-order valence-corrected chi connectivity index (χ2v) is 7.64. The fraction of sp³-hybridized carbons (Fsp3) is 0.556. The van der Waals surface area contributed by atoms with Crippen LogP contribution in [0.5, 0.6) is 0 Å². The zero-order valence-corrected chi connectivity index (χ0v) is 14.1. The molecule has 2 bridgehead atoms. The number of nitrogens with one attached hydrogen (secondary N) is 1. The molecule has 0 spiro atoms. The van der Waals surface area contributed by atoms with Crippen molar-refractivity contribution in [2.45, 2.75) is 38.5 Å². The van der Waals surface area contributed by atoms with Gasteiger partial charge in [0, 0.05) is 31.4 Å². The number of hydrogen-bond acceptors (Lipinski definition) is 2. The molecule has 3 aliphatic rings. The third-order valence-corrected chi connectivity index (χ3v) is 6.18. The van der Waals surface area contributed by atoms with Crippen LogP contribution in [0, 0.1) is 11.3 Å². The van der Waals surface area contributed by atoms with Crippen molar-refractivity contribution < 1.29 is 4.79 Å². The lowest BCUT2D eigenvalue weighted by molar-refractivity contribution is 0.0598. The average Bonchev–Trinajstić information content (AvgIpc) is 2.93. The van der Waals surface area contributed by atoms with Crippen molar-refractivity contribution in [1.82, 2.24) is 14.9 Å². The van der Waals surface area contributed by atoms with Gasteiger partial charge in [0.05, 0.1) is 5.56 Å². The molecule has 1 amide bonds. The molecule has 2 heterocycles. The standard InChI is InChI=1S/C18H24BN3O/c1-22-10-13(15-14(19)5-9-20-16(15)22)17(23)21-11-18-6-2-12(3-7-18)4-8-18/h5,9-10,12H,2-4,6-8,11,19H2,1H3,(H,21,23). The van der Waals surface area contributed by atoms with Crippen LogP contribution in [0.4, 0.5) is 0 Å². The topological polar surface area (TPSA) is 46.9 Å². The third kappa shape index (κ3) is 2.46. The Kier molecular flexibility index (Phi) is 3.47. The van der Waals surface area contributed by atoms with Crippen molar-refractivity contribution in [3.63, 3.8) is 0 Å². The Balaban J connectivity index is 1.56. The number of hydrogen-bond donors (Lipinski definition) is 1. The zero-order chi connectivity index (χ0) is 16.0. The average molecular weight is 309 g/mol. The fourth-order valence-corrected chi connectivity index (χ4v) is 4.60. The van der Waals surface area contributed by atoms with Crippen LogP contribution in [0.3, 0.4) is 0 Å². The van der Waals surface area contributed by atoms with Crippen LogP contribution in [0.25, 0.3) is 11.0 Å². The molecule has 3 saturated carbocycles. The normalized spacial score (nSPS) is 26.6. The summed E-state index contributed by atoms with van der Waals surface area (Å²) in [6.07, 6.45) is 11.6. The van der Waals surface area contributed by atoms with E-state index in [4.69, 9.17) is 0 Å². The number of aryl methyl sites for hydroxylation is 1. The van der Waals surface area contributed by atoms with E-state index in [2.05, 4.69) is 10.3 Å². The summed E-state index contributed by atoms with van der Waals surface area (Å²) in [5.74, 6) is 1.01. The molecular formula is C18H24BN3O. The molecule has 23 heavy (non-hydrogen) atoms. The highest BCUT2D eigenvalue weighted by Gasteiger charge is 2.40. The van der Waals surface area contributed by atoms with Crippen LogP contribution in [0.1, 0.15) is 48.9 Å². The van der Waals surface area contributed by atoms with Crippen molar-refractivity contribution >= 4 is 30.2 Å². The van der Waals surface area contributed by atoms with E-state index < -0.39 is 0 Å². The molecule has 2 aromatic rings. The van der Waals surface area contributed by atoms with Gasteiger partial charge in [-0.1, -0.05) is 5.46 Å². The van der Waals surface area contributed by atoms with E-state index in [-0.39, 0.29) is 5.91 Å². The molecule has 5 rings (SSSR count). The SMILES string of the molecule is Bc1ccnc2c1c(C(=O)NCC13CCC(CC1)CC3)cn2C. The van der Waals surface area contributed by atoms with Crippen molar-refractivity contribution in [3.05, 3.63) is 24.0 Å². The number of amides is 1. The maximum atomic E-state index is 12.8. The van der Waals surface area contributed by atoms with Crippen LogP contribution >= 0.6 is 0 Å². The molecule has 0 aliphatic heterocycles. The third-order valence-electron chi connectivity index (χ3n) is 6.18. The molecule has 1 N–H and O–H groups in total. The molecule has 120 valence electrons. The van der Waals surface area contributed by atoms with Crippen LogP contribution in [0.15, 0.2) is 18.5 Å². The van der Waals surface area contributed by atoms with E-state index in [0.29, 0.717) is 5.41 Å². The second-order valence-electron chi connectivity index (χ2n) is 7.64. The highest BCUT2D eigenvalue weighted by atomic mass is 16.1. The molecule has 0 aromatic carbocycles. The maximum Gasteiger partial charge on any atom is 0.253 e. The Labute approximate surface area is 138 Å². The van der Waals surface area contributed by atoms with Crippen LogP contribution in [0.2, 0.25) is 0 Å². The molecule has 0 radical (unpaired) electrons. The van der Waals surface area contributed by atoms with Crippen LogP contribution in [-0.2, 0) is 7.05 Å². The van der Waals surface area contributed by atoms with Gasteiger partial charge in [0.1, 0.15) is 13.5 Å². The van der Waals surface area contributed by atoms with E-state index in [9.17, 15) is 4.79 Å². The van der Waals surface area contributed by atoms with E-state index in [1.165, 1.54) is 38.5 Å². The molecule has 2 aromatic heterocycles. The number of carbonyl (C=O) groups is 1. The summed E-state index contributed by atoms with van der Waals surface area (Å²) in [4.78, 5) is 17.2. The van der Waals surface area contributed by atoms with Crippen LogP contribution in [-0.4, -0.2) is 29.8 Å². The fourth-order valence-electron chi connectivity index (χ4n) is 4.60. The quantitative estimate of drug-likeness (QED) is 0.874. The predicted molar refractivity (Wildman–Crippen MR) is 94.9 cm³/mol. The first kappa shape index (κ1) is 14.8.